The Labute approximate surface area is 358 Å². The number of aromatic nitrogens is 2. The van der Waals surface area contributed by atoms with Crippen molar-refractivity contribution in [1.29, 1.82) is 0 Å². The maximum atomic E-state index is 4.96. The van der Waals surface area contributed by atoms with Gasteiger partial charge < -0.3 is 9.80 Å². The highest BCUT2D eigenvalue weighted by Gasteiger charge is 2.56. The van der Waals surface area contributed by atoms with Crippen LogP contribution in [0.25, 0.3) is 22.5 Å². The summed E-state index contributed by atoms with van der Waals surface area (Å²) in [5.74, 6) is 0. The average Bonchev–Trinajstić information content (AvgIpc) is 3.31. The summed E-state index contributed by atoms with van der Waals surface area (Å²) in [6, 6.07) is 68.2. The first-order valence-corrected chi connectivity index (χ1v) is 23.2. The summed E-state index contributed by atoms with van der Waals surface area (Å²) in [4.78, 5) is 15.1. The van der Waals surface area contributed by atoms with Gasteiger partial charge in [-0.25, -0.2) is 0 Å². The van der Waals surface area contributed by atoms with E-state index in [4.69, 9.17) is 9.97 Å². The van der Waals surface area contributed by atoms with Crippen molar-refractivity contribution in [3.05, 3.63) is 211 Å². The van der Waals surface area contributed by atoms with E-state index < -0.39 is 8.07 Å². The third-order valence-electron chi connectivity index (χ3n) is 13.2. The molecule has 0 saturated carbocycles. The Morgan fingerprint density at radius 1 is 0.377 bits per heavy atom. The second-order valence-electron chi connectivity index (χ2n) is 16.8. The van der Waals surface area contributed by atoms with Crippen molar-refractivity contribution in [2.75, 3.05) is 9.80 Å². The quantitative estimate of drug-likeness (QED) is 0.158. The Morgan fingerprint density at radius 2 is 0.836 bits per heavy atom. The van der Waals surface area contributed by atoms with Crippen LogP contribution in [0.1, 0.15) is 16.7 Å². The van der Waals surface area contributed by atoms with Gasteiger partial charge in [-0.15, -0.1) is 0 Å². The minimum Gasteiger partial charge on any atom is -0.311 e. The molecule has 0 N–H and O–H groups in total. The molecule has 0 aliphatic carbocycles. The van der Waals surface area contributed by atoms with Crippen LogP contribution in [-0.4, -0.2) is 24.8 Å². The van der Waals surface area contributed by atoms with Gasteiger partial charge in [0.15, 0.2) is 8.07 Å². The van der Waals surface area contributed by atoms with Crippen molar-refractivity contribution >= 4 is 86.0 Å². The molecule has 61 heavy (non-hydrogen) atoms. The third kappa shape index (κ3) is 5.12. The van der Waals surface area contributed by atoms with Crippen molar-refractivity contribution in [2.24, 2.45) is 0 Å². The number of hydrogen-bond donors (Lipinski definition) is 0. The number of benzene rings is 7. The molecule has 12 rings (SSSR count). The number of hydrogen-bond acceptors (Lipinski definition) is 4. The molecule has 3 aliphatic heterocycles. The van der Waals surface area contributed by atoms with Crippen LogP contribution in [0.4, 0.5) is 34.1 Å². The lowest BCUT2D eigenvalue weighted by Gasteiger charge is -2.51. The van der Waals surface area contributed by atoms with Crippen LogP contribution >= 0.6 is 0 Å². The smallest absolute Gasteiger partial charge is 0.251 e. The highest BCUT2D eigenvalue weighted by molar-refractivity contribution is 7.27. The molecule has 288 valence electrons. The minimum atomic E-state index is -2.98. The van der Waals surface area contributed by atoms with E-state index in [9.17, 15) is 0 Å². The molecule has 4 nitrogen and oxygen atoms in total. The molecule has 0 radical (unpaired) electrons. The summed E-state index contributed by atoms with van der Waals surface area (Å²) < 4.78 is 0. The fraction of sp³-hybridized carbons (Fsp3) is 0.0545. The highest BCUT2D eigenvalue weighted by atomic mass is 28.3. The monoisotopic (exact) mass is 796 g/mol. The second kappa shape index (κ2) is 13.6. The number of aryl methyl sites for hydroxylation is 3. The zero-order chi connectivity index (χ0) is 40.8. The SMILES string of the molecule is Cc1ccc(N2c3cc(C)cc4c3B3c5c2cccc5[Si](c2ccccc2)(c2ccccc2)c2cccc(c23)N4c2ccc(C)cc2-c2ccccn2)c(-c2ccccn2)c1. The first kappa shape index (κ1) is 35.6. The van der Waals surface area contributed by atoms with Crippen LogP contribution in [-0.2, 0) is 0 Å². The molecule has 0 unspecified atom stereocenters. The largest absolute Gasteiger partial charge is 0.311 e. The van der Waals surface area contributed by atoms with E-state index >= 15 is 0 Å². The summed E-state index contributed by atoms with van der Waals surface area (Å²) in [5, 5.41) is 5.66. The van der Waals surface area contributed by atoms with Crippen LogP contribution in [0, 0.1) is 20.8 Å². The van der Waals surface area contributed by atoms with Crippen LogP contribution in [0.3, 0.4) is 0 Å². The lowest BCUT2D eigenvalue weighted by molar-refractivity contribution is 1.22. The van der Waals surface area contributed by atoms with Gasteiger partial charge in [0.1, 0.15) is 0 Å². The van der Waals surface area contributed by atoms with Crippen LogP contribution in [0.2, 0.25) is 0 Å². The first-order chi connectivity index (χ1) is 30.0. The summed E-state index contributed by atoms with van der Waals surface area (Å²) in [6.45, 7) is 6.62. The fourth-order valence-electron chi connectivity index (χ4n) is 10.8. The summed E-state index contributed by atoms with van der Waals surface area (Å²) in [6.07, 6.45) is 3.81. The number of anilines is 6. The van der Waals surface area contributed by atoms with Crippen LogP contribution in [0.15, 0.2) is 194 Å². The van der Waals surface area contributed by atoms with E-state index in [0.717, 1.165) is 33.9 Å². The molecular formula is C55H41BN4Si. The molecule has 0 fully saturated rings. The molecule has 7 aromatic carbocycles. The predicted molar refractivity (Wildman–Crippen MR) is 258 cm³/mol. The molecule has 0 saturated heterocycles. The van der Waals surface area contributed by atoms with Crippen molar-refractivity contribution in [2.45, 2.75) is 20.8 Å². The van der Waals surface area contributed by atoms with Crippen molar-refractivity contribution in [3.63, 3.8) is 0 Å². The Bertz CT molecular complexity index is 2980. The summed E-state index contributed by atoms with van der Waals surface area (Å²) >= 11 is 0. The molecule has 6 heteroatoms. The van der Waals surface area contributed by atoms with E-state index in [1.807, 2.05) is 24.5 Å². The van der Waals surface area contributed by atoms with Crippen molar-refractivity contribution < 1.29 is 0 Å². The zero-order valence-corrected chi connectivity index (χ0v) is 35.3. The topological polar surface area (TPSA) is 32.3 Å². The molecular weight excluding hydrogens is 756 g/mol. The molecule has 0 atom stereocenters. The predicted octanol–water partition coefficient (Wildman–Crippen LogP) is 8.51. The van der Waals surface area contributed by atoms with Gasteiger partial charge in [-0.05, 0) is 136 Å². The molecule has 0 spiro atoms. The standard InChI is InChI=1S/C55H41BN4Si/c1-36-26-28-45(41(32-36)43-20-10-12-30-57-43)59-47-22-14-24-51-54(47)56-53-49(59)34-38(3)35-50(53)60(46-29-27-37(2)33-42(46)44-21-11-13-31-58-44)48-23-15-25-52(55(48)56)61(51,39-16-6-4-7-17-39)40-18-8-5-9-19-40/h4-35H,1-3H3. The third-order valence-corrected chi connectivity index (χ3v) is 18.1. The van der Waals surface area contributed by atoms with Crippen LogP contribution < -0.4 is 46.9 Å². The molecule has 0 amide bonds. The second-order valence-corrected chi connectivity index (χ2v) is 20.5. The highest BCUT2D eigenvalue weighted by Crippen LogP contribution is 2.48. The Hall–Kier alpha value is -7.28. The Morgan fingerprint density at radius 3 is 1.28 bits per heavy atom. The van der Waals surface area contributed by atoms with Gasteiger partial charge in [-0.1, -0.05) is 120 Å². The molecule has 9 aromatic rings. The molecule has 0 bridgehead atoms. The molecule has 3 aliphatic rings. The fourth-order valence-corrected chi connectivity index (χ4v) is 16.1. The van der Waals surface area contributed by atoms with Gasteiger partial charge in [-0.2, -0.15) is 0 Å². The lowest BCUT2D eigenvalue weighted by Crippen LogP contribution is -2.88. The minimum absolute atomic E-state index is 0.0102. The van der Waals surface area contributed by atoms with Crippen LogP contribution in [0.5, 0.6) is 0 Å². The van der Waals surface area contributed by atoms with Gasteiger partial charge in [0.05, 0.1) is 22.8 Å². The number of nitrogens with zero attached hydrogens (tertiary/aromatic N) is 4. The molecule has 2 aromatic heterocycles. The number of rotatable bonds is 6. The molecule has 5 heterocycles. The van der Waals surface area contributed by atoms with Crippen molar-refractivity contribution in [3.8, 4) is 22.5 Å². The van der Waals surface area contributed by atoms with Gasteiger partial charge in [0, 0.05) is 46.3 Å². The number of pyridine rings is 2. The zero-order valence-electron chi connectivity index (χ0n) is 34.3. The van der Waals surface area contributed by atoms with E-state index in [1.54, 1.807) is 0 Å². The van der Waals surface area contributed by atoms with E-state index in [1.165, 1.54) is 76.6 Å². The van der Waals surface area contributed by atoms with Gasteiger partial charge >= 0.3 is 0 Å². The van der Waals surface area contributed by atoms with Gasteiger partial charge in [-0.3, -0.25) is 9.97 Å². The Kier molecular flexibility index (Phi) is 7.97. The van der Waals surface area contributed by atoms with Gasteiger partial charge in [0.2, 0.25) is 0 Å². The van der Waals surface area contributed by atoms with E-state index in [2.05, 4.69) is 200 Å². The maximum Gasteiger partial charge on any atom is 0.251 e. The van der Waals surface area contributed by atoms with E-state index in [0.29, 0.717) is 0 Å². The summed E-state index contributed by atoms with van der Waals surface area (Å²) in [5.41, 5.74) is 19.0. The average molecular weight is 797 g/mol. The lowest BCUT2D eigenvalue weighted by atomic mass is 9.33. The van der Waals surface area contributed by atoms with Gasteiger partial charge in [0.25, 0.3) is 6.71 Å². The summed E-state index contributed by atoms with van der Waals surface area (Å²) in [7, 11) is -2.98. The van der Waals surface area contributed by atoms with E-state index in [-0.39, 0.29) is 6.71 Å². The maximum absolute atomic E-state index is 4.96. The van der Waals surface area contributed by atoms with Crippen molar-refractivity contribution in [1.82, 2.24) is 9.97 Å². The normalized spacial score (nSPS) is 13.9. The Balaban J connectivity index is 1.27. The first-order valence-electron chi connectivity index (χ1n) is 21.2.